The van der Waals surface area contributed by atoms with Crippen molar-refractivity contribution in [2.45, 2.75) is 57.9 Å². The van der Waals surface area contributed by atoms with Gasteiger partial charge in [-0.25, -0.2) is 0 Å². The Hall–Kier alpha value is -0.600. The Bertz CT molecular complexity index is 193. The number of hydrogen-bond donors (Lipinski definition) is 0. The van der Waals surface area contributed by atoms with E-state index in [4.69, 9.17) is 0 Å². The Morgan fingerprint density at radius 3 is 2.62 bits per heavy atom. The quantitative estimate of drug-likeness (QED) is 0.362. The van der Waals surface area contributed by atoms with Crippen molar-refractivity contribution in [2.75, 3.05) is 0 Å². The fraction of sp³-hybridized carbons (Fsp3) is 1.00. The second-order valence-electron chi connectivity index (χ2n) is 4.36. The van der Waals surface area contributed by atoms with Crippen LogP contribution < -0.4 is 0 Å². The lowest BCUT2D eigenvalue weighted by Crippen LogP contribution is -2.19. The van der Waals surface area contributed by atoms with E-state index in [1.165, 1.54) is 25.7 Å². The number of unbranched alkanes of at least 4 members (excludes halogenated alkanes) is 3. The minimum Gasteiger partial charge on any atom is -0.264 e. The molecule has 0 spiro atoms. The van der Waals surface area contributed by atoms with E-state index in [0.717, 1.165) is 12.8 Å². The van der Waals surface area contributed by atoms with Gasteiger partial charge in [0, 0.05) is 24.2 Å². The molecule has 1 aliphatic carbocycles. The Morgan fingerprint density at radius 2 is 2.15 bits per heavy atom. The number of nitrogens with zero attached hydrogens (tertiary/aromatic N) is 1. The van der Waals surface area contributed by atoms with Crippen LogP contribution in [0.15, 0.2) is 0 Å². The summed E-state index contributed by atoms with van der Waals surface area (Å²) < 4.78 is 0. The van der Waals surface area contributed by atoms with Crippen molar-refractivity contribution in [3.05, 3.63) is 10.1 Å². The van der Waals surface area contributed by atoms with Gasteiger partial charge in [0.25, 0.3) is 0 Å². The normalized spacial score (nSPS) is 31.7. The van der Waals surface area contributed by atoms with E-state index in [1.807, 2.05) is 0 Å². The first-order valence-electron chi connectivity index (χ1n) is 5.25. The molecular formula is C10H19NO2. The number of hydrogen-bond acceptors (Lipinski definition) is 2. The Labute approximate surface area is 79.7 Å². The zero-order valence-electron chi connectivity index (χ0n) is 8.58. The lowest BCUT2D eigenvalue weighted by molar-refractivity contribution is -0.537. The van der Waals surface area contributed by atoms with Gasteiger partial charge in [0.15, 0.2) is 0 Å². The van der Waals surface area contributed by atoms with Crippen molar-refractivity contribution < 1.29 is 4.92 Å². The summed E-state index contributed by atoms with van der Waals surface area (Å²) in [6.45, 7) is 3.95. The fourth-order valence-corrected chi connectivity index (χ4v) is 1.89. The summed E-state index contributed by atoms with van der Waals surface area (Å²) in [4.78, 5) is 10.5. The van der Waals surface area contributed by atoms with E-state index < -0.39 is 5.54 Å². The van der Waals surface area contributed by atoms with E-state index in [9.17, 15) is 10.1 Å². The third-order valence-electron chi connectivity index (χ3n) is 3.20. The summed E-state index contributed by atoms with van der Waals surface area (Å²) in [5, 5.41) is 10.6. The van der Waals surface area contributed by atoms with Crippen molar-refractivity contribution in [1.29, 1.82) is 0 Å². The molecule has 0 amide bonds. The van der Waals surface area contributed by atoms with Gasteiger partial charge in [0.1, 0.15) is 0 Å². The van der Waals surface area contributed by atoms with Crippen molar-refractivity contribution >= 4 is 0 Å². The van der Waals surface area contributed by atoms with Crippen LogP contribution in [-0.2, 0) is 0 Å². The third kappa shape index (κ3) is 2.42. The average molecular weight is 185 g/mol. The van der Waals surface area contributed by atoms with E-state index in [1.54, 1.807) is 6.92 Å². The lowest BCUT2D eigenvalue weighted by Gasteiger charge is -2.02. The van der Waals surface area contributed by atoms with Crippen LogP contribution in [-0.4, -0.2) is 10.5 Å². The number of nitro groups is 1. The number of rotatable bonds is 6. The van der Waals surface area contributed by atoms with Crippen molar-refractivity contribution in [3.63, 3.8) is 0 Å². The maximum absolute atomic E-state index is 10.6. The van der Waals surface area contributed by atoms with Gasteiger partial charge in [-0.1, -0.05) is 32.6 Å². The maximum Gasteiger partial charge on any atom is 0.223 e. The van der Waals surface area contributed by atoms with E-state index >= 15 is 0 Å². The molecule has 1 aliphatic rings. The van der Waals surface area contributed by atoms with Crippen LogP contribution in [0.25, 0.3) is 0 Å². The Morgan fingerprint density at radius 1 is 1.46 bits per heavy atom. The summed E-state index contributed by atoms with van der Waals surface area (Å²) >= 11 is 0. The highest BCUT2D eigenvalue weighted by Gasteiger charge is 2.61. The summed E-state index contributed by atoms with van der Waals surface area (Å²) in [5.41, 5.74) is -0.563. The van der Waals surface area contributed by atoms with Gasteiger partial charge >= 0.3 is 0 Å². The summed E-state index contributed by atoms with van der Waals surface area (Å²) in [6, 6.07) is 0. The van der Waals surface area contributed by atoms with Crippen LogP contribution in [0.5, 0.6) is 0 Å². The molecule has 3 nitrogen and oxygen atoms in total. The summed E-state index contributed by atoms with van der Waals surface area (Å²) in [7, 11) is 0. The molecule has 0 saturated heterocycles. The molecule has 1 fully saturated rings. The van der Waals surface area contributed by atoms with Gasteiger partial charge in [-0.15, -0.1) is 0 Å². The SMILES string of the molecule is CCCCCC[C@H]1C[C@]1(C)[N+](=O)[O-]. The predicted molar refractivity (Wildman–Crippen MR) is 52.3 cm³/mol. The lowest BCUT2D eigenvalue weighted by atomic mass is 10.1. The second kappa shape index (κ2) is 4.07. The van der Waals surface area contributed by atoms with Crippen LogP contribution in [0.3, 0.4) is 0 Å². The molecule has 0 radical (unpaired) electrons. The Balaban J connectivity index is 2.10. The maximum atomic E-state index is 10.6. The molecule has 0 aromatic rings. The van der Waals surface area contributed by atoms with Gasteiger partial charge in [0.2, 0.25) is 5.54 Å². The zero-order chi connectivity index (χ0) is 9.90. The molecule has 0 heterocycles. The fourth-order valence-electron chi connectivity index (χ4n) is 1.89. The molecule has 13 heavy (non-hydrogen) atoms. The van der Waals surface area contributed by atoms with Crippen LogP contribution in [0.1, 0.15) is 52.4 Å². The Kier molecular flexibility index (Phi) is 3.28. The standard InChI is InChI=1S/C10H19NO2/c1-3-4-5-6-7-9-8-10(9,2)11(12)13/h9H,3-8H2,1-2H3/t9-,10-/m0/s1. The van der Waals surface area contributed by atoms with Crippen molar-refractivity contribution in [1.82, 2.24) is 0 Å². The highest BCUT2D eigenvalue weighted by atomic mass is 16.6. The largest absolute Gasteiger partial charge is 0.264 e. The molecular weight excluding hydrogens is 166 g/mol. The first-order chi connectivity index (χ1) is 6.11. The average Bonchev–Trinajstić information content (AvgIpc) is 2.73. The second-order valence-corrected chi connectivity index (χ2v) is 4.36. The molecule has 3 heteroatoms. The molecule has 0 aliphatic heterocycles. The van der Waals surface area contributed by atoms with Crippen LogP contribution in [0.2, 0.25) is 0 Å². The molecule has 1 rings (SSSR count). The molecule has 0 N–H and O–H groups in total. The van der Waals surface area contributed by atoms with Gasteiger partial charge < -0.3 is 0 Å². The molecule has 1 saturated carbocycles. The highest BCUT2D eigenvalue weighted by molar-refractivity contribution is 4.99. The van der Waals surface area contributed by atoms with Crippen LogP contribution in [0, 0.1) is 16.0 Å². The van der Waals surface area contributed by atoms with Gasteiger partial charge in [-0.05, 0) is 6.42 Å². The van der Waals surface area contributed by atoms with Gasteiger partial charge in [-0.3, -0.25) is 10.1 Å². The molecule has 0 bridgehead atoms. The zero-order valence-corrected chi connectivity index (χ0v) is 8.58. The predicted octanol–water partition coefficient (Wildman–Crippen LogP) is 3.01. The monoisotopic (exact) mass is 185 g/mol. The van der Waals surface area contributed by atoms with E-state index in [2.05, 4.69) is 6.92 Å². The minimum atomic E-state index is -0.563. The van der Waals surface area contributed by atoms with E-state index in [-0.39, 0.29) is 4.92 Å². The van der Waals surface area contributed by atoms with Crippen LogP contribution in [0.4, 0.5) is 0 Å². The molecule has 0 aromatic carbocycles. The van der Waals surface area contributed by atoms with Gasteiger partial charge in [0.05, 0.1) is 0 Å². The summed E-state index contributed by atoms with van der Waals surface area (Å²) in [6.07, 6.45) is 6.76. The molecule has 2 atom stereocenters. The molecule has 0 unspecified atom stereocenters. The summed E-state index contributed by atoms with van der Waals surface area (Å²) in [5.74, 6) is 0.361. The van der Waals surface area contributed by atoms with Crippen LogP contribution >= 0.6 is 0 Å². The minimum absolute atomic E-state index is 0.0997. The first-order valence-corrected chi connectivity index (χ1v) is 5.25. The third-order valence-corrected chi connectivity index (χ3v) is 3.20. The highest BCUT2D eigenvalue weighted by Crippen LogP contribution is 2.48. The molecule has 76 valence electrons. The van der Waals surface area contributed by atoms with Crippen molar-refractivity contribution in [2.24, 2.45) is 5.92 Å². The van der Waals surface area contributed by atoms with E-state index in [0.29, 0.717) is 5.92 Å². The smallest absolute Gasteiger partial charge is 0.223 e. The first kappa shape index (κ1) is 10.5. The topological polar surface area (TPSA) is 43.1 Å². The molecule has 0 aromatic heterocycles. The van der Waals surface area contributed by atoms with Gasteiger partial charge in [-0.2, -0.15) is 0 Å². The van der Waals surface area contributed by atoms with Crippen molar-refractivity contribution in [3.8, 4) is 0 Å².